The maximum atomic E-state index is 13.9. The number of anilines is 2. The summed E-state index contributed by atoms with van der Waals surface area (Å²) < 4.78 is 33.5. The molecule has 2 amide bonds. The molecule has 3 aromatic rings. The van der Waals surface area contributed by atoms with Crippen molar-refractivity contribution in [2.24, 2.45) is 5.41 Å². The smallest absolute Gasteiger partial charge is 0.415 e. The van der Waals surface area contributed by atoms with Crippen molar-refractivity contribution in [3.05, 3.63) is 59.7 Å². The van der Waals surface area contributed by atoms with Gasteiger partial charge in [0, 0.05) is 23.8 Å². The molecule has 1 saturated heterocycles. The summed E-state index contributed by atoms with van der Waals surface area (Å²) in [6.45, 7) is 8.72. The molecule has 0 radical (unpaired) electrons. The number of hydrogen-bond acceptors (Lipinski definition) is 6. The van der Waals surface area contributed by atoms with E-state index < -0.39 is 29.2 Å². The molecule has 0 saturated carbocycles. The van der Waals surface area contributed by atoms with Gasteiger partial charge in [0.2, 0.25) is 5.89 Å². The van der Waals surface area contributed by atoms with Crippen LogP contribution in [0.1, 0.15) is 56.8 Å². The Morgan fingerprint density at radius 2 is 1.69 bits per heavy atom. The summed E-state index contributed by atoms with van der Waals surface area (Å²) in [7, 11) is 0. The summed E-state index contributed by atoms with van der Waals surface area (Å²) >= 11 is 0. The van der Waals surface area contributed by atoms with Crippen LogP contribution >= 0.6 is 0 Å². The van der Waals surface area contributed by atoms with Crippen molar-refractivity contribution in [3.8, 4) is 11.5 Å². The van der Waals surface area contributed by atoms with Crippen molar-refractivity contribution >= 4 is 23.7 Å². The van der Waals surface area contributed by atoms with E-state index >= 15 is 0 Å². The van der Waals surface area contributed by atoms with Crippen molar-refractivity contribution in [2.45, 2.75) is 52.5 Å². The van der Waals surface area contributed by atoms with Gasteiger partial charge in [-0.15, -0.1) is 5.10 Å². The summed E-state index contributed by atoms with van der Waals surface area (Å²) in [5.41, 5.74) is 0.0710. The van der Waals surface area contributed by atoms with Crippen molar-refractivity contribution in [2.75, 3.05) is 29.9 Å². The third-order valence-corrected chi connectivity index (χ3v) is 6.91. The predicted molar refractivity (Wildman–Crippen MR) is 143 cm³/mol. The molecule has 2 aromatic carbocycles. The number of amides is 2. The van der Waals surface area contributed by atoms with E-state index in [0.29, 0.717) is 17.7 Å². The lowest BCUT2D eigenvalue weighted by Gasteiger charge is -2.42. The zero-order chi connectivity index (χ0) is 28.2. The van der Waals surface area contributed by atoms with Gasteiger partial charge in [-0.05, 0) is 74.2 Å². The first-order chi connectivity index (χ1) is 18.5. The highest BCUT2D eigenvalue weighted by atomic mass is 19.1. The second-order valence-electron chi connectivity index (χ2n) is 10.7. The molecule has 39 heavy (non-hydrogen) atoms. The summed E-state index contributed by atoms with van der Waals surface area (Å²) in [6, 6.07) is 9.42. The van der Waals surface area contributed by atoms with Gasteiger partial charge in [0.25, 0.3) is 5.91 Å². The molecule has 0 bridgehead atoms. The fourth-order valence-electron chi connectivity index (χ4n) is 4.96. The number of carbonyl (C=O) groups is 2. The first kappa shape index (κ1) is 28.2. The molecule has 2 heterocycles. The fraction of sp³-hybridized carbons (Fsp3) is 0.429. The van der Waals surface area contributed by atoms with Crippen LogP contribution in [0.25, 0.3) is 11.5 Å². The molecule has 0 spiro atoms. The summed E-state index contributed by atoms with van der Waals surface area (Å²) in [5.74, 6) is -2.75. The topological polar surface area (TPSA) is 112 Å². The number of carboxylic acid groups (broad SMARTS) is 1. The zero-order valence-electron chi connectivity index (χ0n) is 22.3. The number of nitrogens with zero attached hydrogens (tertiary/aromatic N) is 4. The third kappa shape index (κ3) is 6.78. The highest BCUT2D eigenvalue weighted by Crippen LogP contribution is 2.31. The molecule has 1 fully saturated rings. The minimum atomic E-state index is -1.19. The lowest BCUT2D eigenvalue weighted by atomic mass is 9.82. The molecule has 1 aliphatic rings. The van der Waals surface area contributed by atoms with E-state index in [1.54, 1.807) is 12.1 Å². The van der Waals surface area contributed by atoms with Crippen LogP contribution in [-0.2, 0) is 0 Å². The van der Waals surface area contributed by atoms with Gasteiger partial charge in [-0.3, -0.25) is 9.69 Å². The Morgan fingerprint density at radius 3 is 2.28 bits per heavy atom. The number of halogens is 2. The summed E-state index contributed by atoms with van der Waals surface area (Å²) in [4.78, 5) is 27.9. The average Bonchev–Trinajstić information content (AvgIpc) is 3.36. The Hall–Kier alpha value is -3.86. The van der Waals surface area contributed by atoms with Gasteiger partial charge >= 0.3 is 12.1 Å². The normalized spacial score (nSPS) is 15.1. The Balaban J connectivity index is 1.44. The van der Waals surface area contributed by atoms with Gasteiger partial charge in [0.05, 0.1) is 0 Å². The number of hydrogen-bond donors (Lipinski definition) is 2. The predicted octanol–water partition coefficient (Wildman–Crippen LogP) is 6.04. The van der Waals surface area contributed by atoms with Gasteiger partial charge < -0.3 is 14.8 Å². The van der Waals surface area contributed by atoms with Crippen LogP contribution in [-0.4, -0.2) is 57.9 Å². The molecule has 1 aromatic heterocycles. The van der Waals surface area contributed by atoms with Crippen molar-refractivity contribution < 1.29 is 27.9 Å². The van der Waals surface area contributed by atoms with E-state index in [-0.39, 0.29) is 29.9 Å². The highest BCUT2D eigenvalue weighted by Gasteiger charge is 2.33. The molecule has 208 valence electrons. The molecule has 4 rings (SSSR count). The van der Waals surface area contributed by atoms with Crippen molar-refractivity contribution in [3.63, 3.8) is 0 Å². The van der Waals surface area contributed by atoms with E-state index in [2.05, 4.69) is 41.2 Å². The van der Waals surface area contributed by atoms with Crippen molar-refractivity contribution in [1.29, 1.82) is 0 Å². The molecule has 2 N–H and O–H groups in total. The van der Waals surface area contributed by atoms with Gasteiger partial charge in [-0.1, -0.05) is 38.4 Å². The highest BCUT2D eigenvalue weighted by molar-refractivity contribution is 6.04. The molecule has 11 heteroatoms. The Labute approximate surface area is 225 Å². The van der Waals surface area contributed by atoms with Gasteiger partial charge in [0.1, 0.15) is 17.2 Å². The average molecular weight is 542 g/mol. The number of nitrogens with one attached hydrogen (secondary N) is 1. The maximum Gasteiger partial charge on any atom is 0.415 e. The standard InChI is InChI=1S/C28H33F2N5O4/c1-28(2,3)22(34-15-5-4-6-16-34)14-17-35(27(37)38)26-33-32-25(39-26)18-10-12-19(13-11-18)31-24(36)23-20(29)8-7-9-21(23)30/h7-13,22H,4-6,14-17H2,1-3H3,(H,31,36)(H,37,38). The van der Waals surface area contributed by atoms with E-state index in [0.717, 1.165) is 43.0 Å². The minimum absolute atomic E-state index is 0.0310. The number of benzene rings is 2. The Kier molecular flexibility index (Phi) is 8.59. The van der Waals surface area contributed by atoms with Crippen LogP contribution in [0.15, 0.2) is 46.9 Å². The van der Waals surface area contributed by atoms with Gasteiger partial charge in [-0.25, -0.2) is 18.5 Å². The summed E-state index contributed by atoms with van der Waals surface area (Å²) in [6.07, 6.45) is 2.94. The van der Waals surface area contributed by atoms with Gasteiger partial charge in [-0.2, -0.15) is 0 Å². The largest absolute Gasteiger partial charge is 0.465 e. The first-order valence-corrected chi connectivity index (χ1v) is 13.0. The van der Waals surface area contributed by atoms with Crippen LogP contribution < -0.4 is 10.2 Å². The van der Waals surface area contributed by atoms with Crippen LogP contribution in [0, 0.1) is 17.0 Å². The van der Waals surface area contributed by atoms with Crippen molar-refractivity contribution in [1.82, 2.24) is 15.1 Å². The monoisotopic (exact) mass is 541 g/mol. The molecule has 1 atom stereocenters. The lowest BCUT2D eigenvalue weighted by molar-refractivity contribution is 0.0746. The number of aromatic nitrogens is 2. The second-order valence-corrected chi connectivity index (χ2v) is 10.7. The first-order valence-electron chi connectivity index (χ1n) is 13.0. The quantitative estimate of drug-likeness (QED) is 0.357. The SMILES string of the molecule is CC(C)(C)C(CCN(C(=O)O)c1nnc(-c2ccc(NC(=O)c3c(F)cccc3F)cc2)o1)N1CCCCC1. The third-order valence-electron chi connectivity index (χ3n) is 6.91. The number of rotatable bonds is 8. The zero-order valence-corrected chi connectivity index (χ0v) is 22.3. The van der Waals surface area contributed by atoms with Crippen LogP contribution in [0.5, 0.6) is 0 Å². The number of carbonyl (C=O) groups excluding carboxylic acids is 1. The van der Waals surface area contributed by atoms with Crippen LogP contribution in [0.2, 0.25) is 0 Å². The summed E-state index contributed by atoms with van der Waals surface area (Å²) in [5, 5.41) is 20.3. The Morgan fingerprint density at radius 1 is 1.05 bits per heavy atom. The van der Waals surface area contributed by atoms with E-state index in [4.69, 9.17) is 4.42 Å². The fourth-order valence-corrected chi connectivity index (χ4v) is 4.96. The van der Waals surface area contributed by atoms with Gasteiger partial charge in [0.15, 0.2) is 0 Å². The minimum Gasteiger partial charge on any atom is -0.465 e. The van der Waals surface area contributed by atoms with Crippen LogP contribution in [0.4, 0.5) is 25.3 Å². The second kappa shape index (κ2) is 11.9. The van der Waals surface area contributed by atoms with E-state index in [1.807, 2.05) is 0 Å². The van der Waals surface area contributed by atoms with E-state index in [1.165, 1.54) is 24.6 Å². The Bertz CT molecular complexity index is 1280. The molecule has 0 aliphatic carbocycles. The molecule has 9 nitrogen and oxygen atoms in total. The number of likely N-dealkylation sites (tertiary alicyclic amines) is 1. The molecule has 1 aliphatic heterocycles. The lowest BCUT2D eigenvalue weighted by Crippen LogP contribution is -2.48. The molecular formula is C28H33F2N5O4. The van der Waals surface area contributed by atoms with Crippen LogP contribution in [0.3, 0.4) is 0 Å². The maximum absolute atomic E-state index is 13.9. The molecular weight excluding hydrogens is 508 g/mol. The van der Waals surface area contributed by atoms with E-state index in [9.17, 15) is 23.5 Å². The molecule has 1 unspecified atom stereocenters. The number of piperidine rings is 1.